The van der Waals surface area contributed by atoms with E-state index in [0.29, 0.717) is 22.0 Å². The van der Waals surface area contributed by atoms with Gasteiger partial charge in [-0.1, -0.05) is 54.6 Å². The van der Waals surface area contributed by atoms with Gasteiger partial charge in [-0.3, -0.25) is 14.5 Å². The standard InChI is InChI=1S/C27H25N3O3S/c1-19(31)21-7-9-22(10-8-21)24-12-11-23(33-24)17-25-26(32)28-27(34-25)30-15-13-29(14-16-30)18-20-5-3-2-4-6-20/h2-12,17H,13-16,18H2,1H3. The van der Waals surface area contributed by atoms with Gasteiger partial charge in [0, 0.05) is 49.9 Å². The van der Waals surface area contributed by atoms with Gasteiger partial charge in [0.25, 0.3) is 5.91 Å². The van der Waals surface area contributed by atoms with Crippen LogP contribution in [-0.4, -0.2) is 52.8 Å². The van der Waals surface area contributed by atoms with Crippen molar-refractivity contribution < 1.29 is 14.0 Å². The fourth-order valence-electron chi connectivity index (χ4n) is 4.06. The molecule has 0 unspecified atom stereocenters. The van der Waals surface area contributed by atoms with Crippen LogP contribution >= 0.6 is 11.8 Å². The predicted octanol–water partition coefficient (Wildman–Crippen LogP) is 4.94. The Bertz CT molecular complexity index is 1250. The van der Waals surface area contributed by atoms with Gasteiger partial charge >= 0.3 is 0 Å². The average molecular weight is 472 g/mol. The minimum absolute atomic E-state index is 0.0293. The van der Waals surface area contributed by atoms with E-state index in [1.54, 1.807) is 25.1 Å². The van der Waals surface area contributed by atoms with Crippen LogP contribution < -0.4 is 0 Å². The molecule has 0 radical (unpaired) electrons. The molecule has 0 saturated carbocycles. The van der Waals surface area contributed by atoms with Crippen LogP contribution in [0.4, 0.5) is 0 Å². The predicted molar refractivity (Wildman–Crippen MR) is 135 cm³/mol. The van der Waals surface area contributed by atoms with E-state index in [9.17, 15) is 9.59 Å². The second kappa shape index (κ2) is 9.83. The van der Waals surface area contributed by atoms with Crippen molar-refractivity contribution in [3.8, 4) is 11.3 Å². The van der Waals surface area contributed by atoms with Crippen molar-refractivity contribution in [1.82, 2.24) is 9.80 Å². The van der Waals surface area contributed by atoms with Crippen LogP contribution in [0, 0.1) is 0 Å². The highest BCUT2D eigenvalue weighted by Gasteiger charge is 2.28. The van der Waals surface area contributed by atoms with E-state index in [1.807, 2.05) is 30.3 Å². The Morgan fingerprint density at radius 3 is 2.44 bits per heavy atom. The first kappa shape index (κ1) is 22.4. The molecule has 1 fully saturated rings. The topological polar surface area (TPSA) is 66.1 Å². The third kappa shape index (κ3) is 5.05. The van der Waals surface area contributed by atoms with Crippen molar-refractivity contribution in [1.29, 1.82) is 0 Å². The number of piperazine rings is 1. The highest BCUT2D eigenvalue weighted by molar-refractivity contribution is 8.18. The Morgan fingerprint density at radius 1 is 1.00 bits per heavy atom. The fraction of sp³-hybridized carbons (Fsp3) is 0.222. The zero-order valence-corrected chi connectivity index (χ0v) is 19.8. The summed E-state index contributed by atoms with van der Waals surface area (Å²) in [5.41, 5.74) is 2.86. The van der Waals surface area contributed by atoms with Crippen molar-refractivity contribution in [2.45, 2.75) is 13.5 Å². The smallest absolute Gasteiger partial charge is 0.286 e. The van der Waals surface area contributed by atoms with Gasteiger partial charge in [-0.2, -0.15) is 4.99 Å². The van der Waals surface area contributed by atoms with Crippen LogP contribution in [0.1, 0.15) is 28.6 Å². The van der Waals surface area contributed by atoms with E-state index in [4.69, 9.17) is 4.42 Å². The molecule has 0 atom stereocenters. The molecule has 7 heteroatoms. The Morgan fingerprint density at radius 2 is 1.74 bits per heavy atom. The summed E-state index contributed by atoms with van der Waals surface area (Å²) in [5.74, 6) is 1.09. The summed E-state index contributed by atoms with van der Waals surface area (Å²) in [6.45, 7) is 6.05. The fourth-order valence-corrected chi connectivity index (χ4v) is 5.00. The molecule has 34 heavy (non-hydrogen) atoms. The molecule has 0 spiro atoms. The summed E-state index contributed by atoms with van der Waals surface area (Å²) < 4.78 is 5.93. The number of benzene rings is 2. The van der Waals surface area contributed by atoms with Gasteiger partial charge in [-0.05, 0) is 36.4 Å². The summed E-state index contributed by atoms with van der Waals surface area (Å²) in [4.78, 5) is 33.5. The maximum Gasteiger partial charge on any atom is 0.286 e. The van der Waals surface area contributed by atoms with Crippen LogP contribution in [0.2, 0.25) is 0 Å². The number of hydrogen-bond donors (Lipinski definition) is 0. The number of thioether (sulfide) groups is 1. The molecular weight excluding hydrogens is 446 g/mol. The largest absolute Gasteiger partial charge is 0.457 e. The number of amidine groups is 1. The summed E-state index contributed by atoms with van der Waals surface area (Å²) in [6, 6.07) is 21.5. The van der Waals surface area contributed by atoms with Gasteiger partial charge in [-0.15, -0.1) is 0 Å². The maximum atomic E-state index is 12.5. The normalized spacial score (nSPS) is 17.9. The molecule has 5 rings (SSSR count). The number of carbonyl (C=O) groups excluding carboxylic acids is 2. The highest BCUT2D eigenvalue weighted by atomic mass is 32.2. The SMILES string of the molecule is CC(=O)c1ccc(-c2ccc(C=C3SC(N4CCN(Cc5ccccc5)CC4)=NC3=O)o2)cc1. The molecule has 2 aliphatic rings. The molecule has 3 aromatic rings. The van der Waals surface area contributed by atoms with Gasteiger partial charge in [0.05, 0.1) is 4.91 Å². The van der Waals surface area contributed by atoms with E-state index in [-0.39, 0.29) is 11.7 Å². The minimum atomic E-state index is -0.226. The summed E-state index contributed by atoms with van der Waals surface area (Å²) in [7, 11) is 0. The first-order valence-corrected chi connectivity index (χ1v) is 12.1. The summed E-state index contributed by atoms with van der Waals surface area (Å²) in [6.07, 6.45) is 1.75. The van der Waals surface area contributed by atoms with Crippen LogP contribution in [0.5, 0.6) is 0 Å². The highest BCUT2D eigenvalue weighted by Crippen LogP contribution is 2.32. The van der Waals surface area contributed by atoms with Crippen molar-refractivity contribution in [2.24, 2.45) is 4.99 Å². The quantitative estimate of drug-likeness (QED) is 0.388. The second-order valence-corrected chi connectivity index (χ2v) is 9.40. The first-order chi connectivity index (χ1) is 16.5. The van der Waals surface area contributed by atoms with Crippen molar-refractivity contribution in [3.05, 3.63) is 88.5 Å². The van der Waals surface area contributed by atoms with E-state index in [1.165, 1.54) is 17.3 Å². The number of aliphatic imine (C=N–C) groups is 1. The summed E-state index contributed by atoms with van der Waals surface area (Å²) >= 11 is 1.41. The third-order valence-electron chi connectivity index (χ3n) is 5.98. The molecule has 2 aromatic carbocycles. The van der Waals surface area contributed by atoms with Crippen LogP contribution in [0.25, 0.3) is 17.4 Å². The molecular formula is C27H25N3O3S. The van der Waals surface area contributed by atoms with Crippen LogP contribution in [0.3, 0.4) is 0 Å². The number of hydrogen-bond acceptors (Lipinski definition) is 6. The van der Waals surface area contributed by atoms with E-state index >= 15 is 0 Å². The molecule has 0 bridgehead atoms. The number of carbonyl (C=O) groups is 2. The Kier molecular flexibility index (Phi) is 6.47. The average Bonchev–Trinajstić information content (AvgIpc) is 3.47. The van der Waals surface area contributed by atoms with Gasteiger partial charge < -0.3 is 9.32 Å². The Hall–Kier alpha value is -3.42. The molecule has 0 N–H and O–H groups in total. The van der Waals surface area contributed by atoms with E-state index in [0.717, 1.165) is 43.5 Å². The molecule has 1 saturated heterocycles. The zero-order chi connectivity index (χ0) is 23.5. The number of ketones is 1. The lowest BCUT2D eigenvalue weighted by Crippen LogP contribution is -2.47. The van der Waals surface area contributed by atoms with Crippen molar-refractivity contribution in [2.75, 3.05) is 26.2 Å². The van der Waals surface area contributed by atoms with Gasteiger partial charge in [0.1, 0.15) is 11.5 Å². The zero-order valence-electron chi connectivity index (χ0n) is 18.9. The summed E-state index contributed by atoms with van der Waals surface area (Å²) in [5, 5.41) is 0.766. The molecule has 0 aliphatic carbocycles. The number of rotatable bonds is 5. The van der Waals surface area contributed by atoms with Gasteiger partial charge in [0.2, 0.25) is 0 Å². The lowest BCUT2D eigenvalue weighted by Gasteiger charge is -2.35. The molecule has 3 heterocycles. The molecule has 2 aliphatic heterocycles. The molecule has 172 valence electrons. The monoisotopic (exact) mass is 471 g/mol. The van der Waals surface area contributed by atoms with Gasteiger partial charge in [-0.25, -0.2) is 0 Å². The Labute approximate surface area is 203 Å². The lowest BCUT2D eigenvalue weighted by atomic mass is 10.1. The first-order valence-electron chi connectivity index (χ1n) is 11.3. The van der Waals surface area contributed by atoms with Crippen molar-refractivity contribution in [3.63, 3.8) is 0 Å². The minimum Gasteiger partial charge on any atom is -0.457 e. The van der Waals surface area contributed by atoms with E-state index < -0.39 is 0 Å². The Balaban J connectivity index is 1.19. The molecule has 1 amide bonds. The van der Waals surface area contributed by atoms with Gasteiger partial charge in [0.15, 0.2) is 11.0 Å². The van der Waals surface area contributed by atoms with Crippen molar-refractivity contribution >= 4 is 34.7 Å². The molecule has 1 aromatic heterocycles. The van der Waals surface area contributed by atoms with Crippen LogP contribution in [0.15, 0.2) is 81.0 Å². The third-order valence-corrected chi connectivity index (χ3v) is 7.02. The second-order valence-electron chi connectivity index (χ2n) is 8.39. The number of nitrogens with zero attached hydrogens (tertiary/aromatic N) is 3. The maximum absolute atomic E-state index is 12.5. The van der Waals surface area contributed by atoms with Crippen LogP contribution in [-0.2, 0) is 11.3 Å². The number of amides is 1. The van der Waals surface area contributed by atoms with E-state index in [2.05, 4.69) is 39.1 Å². The number of furan rings is 1. The lowest BCUT2D eigenvalue weighted by molar-refractivity contribution is -0.113. The number of Topliss-reactive ketones (excluding diaryl/α,β-unsaturated/α-hetero) is 1. The molecule has 6 nitrogen and oxygen atoms in total.